The van der Waals surface area contributed by atoms with Gasteiger partial charge in [-0.2, -0.15) is 0 Å². The van der Waals surface area contributed by atoms with E-state index in [0.29, 0.717) is 0 Å². The van der Waals surface area contributed by atoms with Crippen molar-refractivity contribution in [3.8, 4) is 0 Å². The fraction of sp³-hybridized carbons (Fsp3) is 0. The maximum atomic E-state index is 3.52. The van der Waals surface area contributed by atoms with Gasteiger partial charge in [-0.3, -0.25) is 0 Å². The van der Waals surface area contributed by atoms with Crippen LogP contribution in [0.4, 0.5) is 17.1 Å². The summed E-state index contributed by atoms with van der Waals surface area (Å²) >= 11 is 5.31. The number of hydrogen-bond acceptors (Lipinski definition) is 2. The Hall–Kier alpha value is -2.10. The molecule has 1 nitrogen and oxygen atoms in total. The number of fused-ring (bicyclic) bond motifs is 1. The lowest BCUT2D eigenvalue weighted by molar-refractivity contribution is 1.30. The minimum Gasteiger partial charge on any atom is -0.309 e. The van der Waals surface area contributed by atoms with Crippen molar-refractivity contribution >= 4 is 54.4 Å². The van der Waals surface area contributed by atoms with Crippen LogP contribution in [-0.4, -0.2) is 0 Å². The quantitative estimate of drug-likeness (QED) is 0.365. The molecule has 1 heterocycles. The van der Waals surface area contributed by atoms with Crippen molar-refractivity contribution in [3.63, 3.8) is 0 Å². The molecule has 3 aromatic carbocycles. The molecular weight excluding hydrogens is 366 g/mol. The molecule has 0 saturated heterocycles. The van der Waals surface area contributed by atoms with Gasteiger partial charge in [0, 0.05) is 31.3 Å². The molecule has 0 spiro atoms. The Bertz CT molecular complexity index is 929. The first-order valence-corrected chi connectivity index (χ1v) is 9.07. The van der Waals surface area contributed by atoms with Crippen LogP contribution in [-0.2, 0) is 0 Å². The second kappa shape index (κ2) is 6.19. The van der Waals surface area contributed by atoms with Crippen molar-refractivity contribution < 1.29 is 0 Å². The number of anilines is 3. The van der Waals surface area contributed by atoms with Gasteiger partial charge in [0.1, 0.15) is 0 Å². The minimum absolute atomic E-state index is 1.09. The molecule has 0 radical (unpaired) electrons. The third-order valence-electron chi connectivity index (χ3n) is 3.80. The summed E-state index contributed by atoms with van der Waals surface area (Å²) in [5.41, 5.74) is 3.54. The molecule has 0 bridgehead atoms. The van der Waals surface area contributed by atoms with Gasteiger partial charge < -0.3 is 4.90 Å². The van der Waals surface area contributed by atoms with Crippen molar-refractivity contribution in [2.24, 2.45) is 0 Å². The highest BCUT2D eigenvalue weighted by atomic mass is 79.9. The third-order valence-corrected chi connectivity index (χ3v) is 5.28. The highest BCUT2D eigenvalue weighted by Gasteiger charge is 2.15. The molecule has 0 fully saturated rings. The average molecular weight is 380 g/mol. The lowest BCUT2D eigenvalue weighted by Crippen LogP contribution is -2.09. The molecule has 3 heteroatoms. The van der Waals surface area contributed by atoms with E-state index in [4.69, 9.17) is 0 Å². The molecule has 0 saturated carbocycles. The lowest BCUT2D eigenvalue weighted by Gasteiger charge is -2.24. The van der Waals surface area contributed by atoms with Gasteiger partial charge >= 0.3 is 0 Å². The molecule has 0 aliphatic heterocycles. The molecule has 0 aliphatic carbocycles. The van der Waals surface area contributed by atoms with Gasteiger partial charge in [-0.1, -0.05) is 52.3 Å². The van der Waals surface area contributed by atoms with Crippen LogP contribution < -0.4 is 4.90 Å². The molecule has 112 valence electrons. The number of nitrogens with zero attached hydrogens (tertiary/aromatic N) is 1. The van der Waals surface area contributed by atoms with Crippen LogP contribution in [0.15, 0.2) is 88.7 Å². The van der Waals surface area contributed by atoms with Crippen molar-refractivity contribution in [1.29, 1.82) is 0 Å². The average Bonchev–Trinajstić information content (AvgIpc) is 3.02. The van der Waals surface area contributed by atoms with Gasteiger partial charge in [0.25, 0.3) is 0 Å². The van der Waals surface area contributed by atoms with Gasteiger partial charge in [-0.05, 0) is 42.5 Å². The Kier molecular flexibility index (Phi) is 3.90. The van der Waals surface area contributed by atoms with Crippen molar-refractivity contribution in [2.45, 2.75) is 0 Å². The molecule has 4 rings (SSSR count). The van der Waals surface area contributed by atoms with Gasteiger partial charge in [0.15, 0.2) is 0 Å². The highest BCUT2D eigenvalue weighted by molar-refractivity contribution is 9.10. The SMILES string of the molecule is Brc1ccc(N(c2ccccc2)c2csc3ccccc23)cc1. The van der Waals surface area contributed by atoms with E-state index < -0.39 is 0 Å². The van der Waals surface area contributed by atoms with E-state index in [-0.39, 0.29) is 0 Å². The summed E-state index contributed by atoms with van der Waals surface area (Å²) < 4.78 is 2.39. The summed E-state index contributed by atoms with van der Waals surface area (Å²) in [6.45, 7) is 0. The number of thiophene rings is 1. The van der Waals surface area contributed by atoms with E-state index in [2.05, 4.69) is 105 Å². The predicted octanol–water partition coefficient (Wildman–Crippen LogP) is 7.13. The van der Waals surface area contributed by atoms with Crippen LogP contribution in [0.25, 0.3) is 10.1 Å². The van der Waals surface area contributed by atoms with Gasteiger partial charge in [-0.25, -0.2) is 0 Å². The van der Waals surface area contributed by atoms with Crippen LogP contribution in [0.5, 0.6) is 0 Å². The standard InChI is InChI=1S/C20H14BrNS/c21-15-10-12-17(13-11-15)22(16-6-2-1-3-7-16)19-14-23-20-9-5-4-8-18(19)20/h1-14H. The second-order valence-corrected chi connectivity index (χ2v) is 7.09. The first-order chi connectivity index (χ1) is 11.3. The summed E-state index contributed by atoms with van der Waals surface area (Å²) in [5, 5.41) is 3.52. The topological polar surface area (TPSA) is 3.24 Å². The molecular formula is C20H14BrNS. The largest absolute Gasteiger partial charge is 0.309 e. The monoisotopic (exact) mass is 379 g/mol. The Morgan fingerprint density at radius 3 is 2.13 bits per heavy atom. The summed E-state index contributed by atoms with van der Waals surface area (Å²) in [5.74, 6) is 0. The van der Waals surface area contributed by atoms with Gasteiger partial charge in [-0.15, -0.1) is 11.3 Å². The van der Waals surface area contributed by atoms with Crippen LogP contribution in [0.2, 0.25) is 0 Å². The van der Waals surface area contributed by atoms with Crippen LogP contribution >= 0.6 is 27.3 Å². The number of hydrogen-bond donors (Lipinski definition) is 0. The summed E-state index contributed by atoms with van der Waals surface area (Å²) in [6, 6.07) is 27.5. The second-order valence-electron chi connectivity index (χ2n) is 5.26. The minimum atomic E-state index is 1.09. The smallest absolute Gasteiger partial charge is 0.0647 e. The van der Waals surface area contributed by atoms with E-state index in [1.54, 1.807) is 11.3 Å². The summed E-state index contributed by atoms with van der Waals surface area (Å²) in [6.07, 6.45) is 0. The number of para-hydroxylation sites is 1. The number of benzene rings is 3. The van der Waals surface area contributed by atoms with E-state index >= 15 is 0 Å². The predicted molar refractivity (Wildman–Crippen MR) is 104 cm³/mol. The first-order valence-electron chi connectivity index (χ1n) is 7.40. The molecule has 0 unspecified atom stereocenters. The Labute approximate surface area is 147 Å². The zero-order chi connectivity index (χ0) is 15.6. The third kappa shape index (κ3) is 2.78. The van der Waals surface area contributed by atoms with Gasteiger partial charge in [0.2, 0.25) is 0 Å². The molecule has 0 aliphatic rings. The van der Waals surface area contributed by atoms with Crippen molar-refractivity contribution in [2.75, 3.05) is 4.90 Å². The molecule has 1 aromatic heterocycles. The first kappa shape index (κ1) is 14.5. The Morgan fingerprint density at radius 1 is 0.696 bits per heavy atom. The Morgan fingerprint density at radius 2 is 1.35 bits per heavy atom. The van der Waals surface area contributed by atoms with E-state index in [1.165, 1.54) is 21.5 Å². The molecule has 0 atom stereocenters. The normalized spacial score (nSPS) is 10.8. The van der Waals surface area contributed by atoms with E-state index in [1.807, 2.05) is 0 Å². The molecule has 4 aromatic rings. The van der Waals surface area contributed by atoms with Gasteiger partial charge in [0.05, 0.1) is 5.69 Å². The molecule has 23 heavy (non-hydrogen) atoms. The van der Waals surface area contributed by atoms with E-state index in [9.17, 15) is 0 Å². The fourth-order valence-corrected chi connectivity index (χ4v) is 3.92. The summed E-state index contributed by atoms with van der Waals surface area (Å²) in [7, 11) is 0. The summed E-state index contributed by atoms with van der Waals surface area (Å²) in [4.78, 5) is 2.31. The highest BCUT2D eigenvalue weighted by Crippen LogP contribution is 2.41. The van der Waals surface area contributed by atoms with Crippen LogP contribution in [0.1, 0.15) is 0 Å². The maximum absolute atomic E-state index is 3.52. The van der Waals surface area contributed by atoms with Crippen molar-refractivity contribution in [1.82, 2.24) is 0 Å². The molecule has 0 N–H and O–H groups in total. The zero-order valence-electron chi connectivity index (χ0n) is 12.3. The number of rotatable bonds is 3. The number of halogens is 1. The van der Waals surface area contributed by atoms with Crippen molar-refractivity contribution in [3.05, 3.63) is 88.7 Å². The van der Waals surface area contributed by atoms with E-state index in [0.717, 1.165) is 10.2 Å². The molecule has 0 amide bonds. The fourth-order valence-electron chi connectivity index (χ4n) is 2.73. The Balaban J connectivity index is 1.94. The van der Waals surface area contributed by atoms with Crippen LogP contribution in [0, 0.1) is 0 Å². The maximum Gasteiger partial charge on any atom is 0.0647 e. The zero-order valence-corrected chi connectivity index (χ0v) is 14.7. The lowest BCUT2D eigenvalue weighted by atomic mass is 10.1. The van der Waals surface area contributed by atoms with Crippen LogP contribution in [0.3, 0.4) is 0 Å².